The number of aromatic nitrogens is 1. The summed E-state index contributed by atoms with van der Waals surface area (Å²) < 4.78 is 25.3. The summed E-state index contributed by atoms with van der Waals surface area (Å²) >= 11 is 0. The fourth-order valence-corrected chi connectivity index (χ4v) is 5.51. The molecule has 1 aromatic heterocycles. The first-order valence-electron chi connectivity index (χ1n) is 13.1. The van der Waals surface area contributed by atoms with Crippen LogP contribution in [0, 0.1) is 5.82 Å². The smallest absolute Gasteiger partial charge is 0.223 e. The number of anilines is 1. The Morgan fingerprint density at radius 2 is 1.74 bits per heavy atom. The van der Waals surface area contributed by atoms with Crippen molar-refractivity contribution in [2.75, 3.05) is 45.3 Å². The fourth-order valence-electron chi connectivity index (χ4n) is 5.51. The van der Waals surface area contributed by atoms with Gasteiger partial charge in [-0.3, -0.25) is 4.79 Å². The van der Waals surface area contributed by atoms with Crippen LogP contribution in [0.1, 0.15) is 36.0 Å². The monoisotopic (exact) mass is 515 g/mol. The van der Waals surface area contributed by atoms with E-state index in [0.29, 0.717) is 49.8 Å². The number of hydrogen-bond donors (Lipinski definition) is 1. The summed E-state index contributed by atoms with van der Waals surface area (Å²) in [6.45, 7) is 4.45. The predicted molar refractivity (Wildman–Crippen MR) is 149 cm³/mol. The van der Waals surface area contributed by atoms with Crippen molar-refractivity contribution in [2.24, 2.45) is 0 Å². The number of fused-ring (bicyclic) bond motifs is 1. The Kier molecular flexibility index (Phi) is 7.54. The predicted octanol–water partition coefficient (Wildman–Crippen LogP) is 5.76. The Labute approximate surface area is 223 Å². The van der Waals surface area contributed by atoms with Crippen LogP contribution in [0.2, 0.25) is 0 Å². The maximum absolute atomic E-state index is 14.3. The van der Waals surface area contributed by atoms with Crippen LogP contribution in [0.4, 0.5) is 10.1 Å². The molecular weight excluding hydrogens is 481 g/mol. The third kappa shape index (κ3) is 4.93. The first-order chi connectivity index (χ1) is 18.5. The minimum Gasteiger partial charge on any atom is -0.493 e. The molecule has 1 saturated heterocycles. The van der Waals surface area contributed by atoms with E-state index in [2.05, 4.69) is 30.1 Å². The van der Waals surface area contributed by atoms with Gasteiger partial charge in [0.1, 0.15) is 5.82 Å². The number of carbonyl (C=O) groups excluding carboxylic acids is 1. The first-order valence-corrected chi connectivity index (χ1v) is 13.1. The molecule has 0 aliphatic carbocycles. The summed E-state index contributed by atoms with van der Waals surface area (Å²) in [4.78, 5) is 21.1. The fraction of sp³-hybridized carbons (Fsp3) is 0.323. The van der Waals surface area contributed by atoms with E-state index in [-0.39, 0.29) is 17.6 Å². The third-order valence-corrected chi connectivity index (χ3v) is 7.60. The highest BCUT2D eigenvalue weighted by Gasteiger charge is 2.28. The van der Waals surface area contributed by atoms with Crippen molar-refractivity contribution in [3.63, 3.8) is 0 Å². The molecule has 1 aliphatic heterocycles. The van der Waals surface area contributed by atoms with E-state index < -0.39 is 0 Å². The number of halogens is 1. The second-order valence-corrected chi connectivity index (χ2v) is 9.63. The van der Waals surface area contributed by atoms with Crippen molar-refractivity contribution < 1.29 is 18.7 Å². The van der Waals surface area contributed by atoms with E-state index in [1.165, 1.54) is 11.6 Å². The number of nitrogens with one attached hydrogen (secondary N) is 1. The van der Waals surface area contributed by atoms with Crippen LogP contribution in [0.3, 0.4) is 0 Å². The lowest BCUT2D eigenvalue weighted by Crippen LogP contribution is -2.49. The quantitative estimate of drug-likeness (QED) is 0.324. The van der Waals surface area contributed by atoms with Crippen molar-refractivity contribution in [2.45, 2.75) is 25.7 Å². The Hall–Kier alpha value is -4.00. The van der Waals surface area contributed by atoms with Gasteiger partial charge in [-0.2, -0.15) is 0 Å². The lowest BCUT2D eigenvalue weighted by Gasteiger charge is -2.36. The van der Waals surface area contributed by atoms with Crippen molar-refractivity contribution in [1.82, 2.24) is 9.88 Å². The summed E-state index contributed by atoms with van der Waals surface area (Å²) in [5, 5.41) is 1.13. The van der Waals surface area contributed by atoms with Crippen molar-refractivity contribution >= 4 is 22.5 Å². The maximum Gasteiger partial charge on any atom is 0.223 e. The molecular formula is C31H34FN3O3. The SMILES string of the molecule is CCc1cccc2c(C(CC(=O)N3CCN(c4ccccc4F)CC3)c3ccc(OC)c(OC)c3)c[nH]c12. The van der Waals surface area contributed by atoms with Gasteiger partial charge >= 0.3 is 0 Å². The largest absolute Gasteiger partial charge is 0.493 e. The van der Waals surface area contributed by atoms with Gasteiger partial charge in [0.25, 0.3) is 0 Å². The molecule has 198 valence electrons. The number of aromatic amines is 1. The summed E-state index contributed by atoms with van der Waals surface area (Å²) in [7, 11) is 3.24. The maximum atomic E-state index is 14.3. The zero-order valence-electron chi connectivity index (χ0n) is 22.2. The first kappa shape index (κ1) is 25.6. The van der Waals surface area contributed by atoms with Gasteiger partial charge in [0.05, 0.1) is 19.9 Å². The Morgan fingerprint density at radius 1 is 0.974 bits per heavy atom. The lowest BCUT2D eigenvalue weighted by atomic mass is 9.87. The number of benzene rings is 3. The van der Waals surface area contributed by atoms with Gasteiger partial charge < -0.3 is 24.3 Å². The highest BCUT2D eigenvalue weighted by atomic mass is 19.1. The van der Waals surface area contributed by atoms with Gasteiger partial charge in [0, 0.05) is 55.6 Å². The number of amides is 1. The molecule has 1 atom stereocenters. The molecule has 3 aromatic carbocycles. The zero-order chi connectivity index (χ0) is 26.6. The van der Waals surface area contributed by atoms with Crippen molar-refractivity contribution in [3.8, 4) is 11.5 Å². The molecule has 2 heterocycles. The van der Waals surface area contributed by atoms with Crippen LogP contribution < -0.4 is 14.4 Å². The number of methoxy groups -OCH3 is 2. The van der Waals surface area contributed by atoms with Gasteiger partial charge in [0.15, 0.2) is 11.5 Å². The molecule has 1 fully saturated rings. The van der Waals surface area contributed by atoms with E-state index in [4.69, 9.17) is 9.47 Å². The number of ether oxygens (including phenoxy) is 2. The van der Waals surface area contributed by atoms with Crippen molar-refractivity contribution in [1.29, 1.82) is 0 Å². The standard InChI is InChI=1S/C31H34FN3O3/c1-4-21-8-7-9-23-25(20-33-31(21)23)24(22-12-13-28(37-2)29(18-22)38-3)19-30(36)35-16-14-34(15-17-35)27-11-6-5-10-26(27)32/h5-13,18,20,24,33H,4,14-17,19H2,1-3H3. The topological polar surface area (TPSA) is 57.8 Å². The minimum atomic E-state index is -0.230. The molecule has 6 nitrogen and oxygen atoms in total. The van der Waals surface area contributed by atoms with E-state index in [1.54, 1.807) is 26.4 Å². The van der Waals surface area contributed by atoms with Crippen LogP contribution in [0.25, 0.3) is 10.9 Å². The molecule has 0 saturated carbocycles. The Balaban J connectivity index is 1.43. The van der Waals surface area contributed by atoms with Crippen LogP contribution in [-0.4, -0.2) is 56.2 Å². The molecule has 38 heavy (non-hydrogen) atoms. The van der Waals surface area contributed by atoms with Gasteiger partial charge in [-0.1, -0.05) is 43.3 Å². The van der Waals surface area contributed by atoms with Gasteiger partial charge in [0.2, 0.25) is 5.91 Å². The molecule has 1 N–H and O–H groups in total. The average molecular weight is 516 g/mol. The van der Waals surface area contributed by atoms with E-state index >= 15 is 0 Å². The zero-order valence-corrected chi connectivity index (χ0v) is 22.2. The highest BCUT2D eigenvalue weighted by molar-refractivity contribution is 5.88. The molecule has 7 heteroatoms. The molecule has 1 amide bonds. The van der Waals surface area contributed by atoms with Gasteiger partial charge in [-0.05, 0) is 47.4 Å². The van der Waals surface area contributed by atoms with Crippen LogP contribution in [0.15, 0.2) is 66.9 Å². The highest BCUT2D eigenvalue weighted by Crippen LogP contribution is 2.38. The van der Waals surface area contributed by atoms with Crippen molar-refractivity contribution in [3.05, 3.63) is 89.4 Å². The third-order valence-electron chi connectivity index (χ3n) is 7.60. The number of nitrogens with zero attached hydrogens (tertiary/aromatic N) is 2. The number of para-hydroxylation sites is 2. The average Bonchev–Trinajstić information content (AvgIpc) is 3.40. The number of rotatable bonds is 8. The molecule has 1 aliphatic rings. The molecule has 0 spiro atoms. The number of piperazine rings is 1. The Bertz CT molecular complexity index is 1430. The molecule has 0 bridgehead atoms. The molecule has 4 aromatic rings. The van der Waals surface area contributed by atoms with Gasteiger partial charge in [-0.15, -0.1) is 0 Å². The summed E-state index contributed by atoms with van der Waals surface area (Å²) in [5.74, 6) is 0.964. The molecule has 0 radical (unpaired) electrons. The van der Waals surface area contributed by atoms with E-state index in [1.807, 2.05) is 40.3 Å². The minimum absolute atomic E-state index is 0.0824. The van der Waals surface area contributed by atoms with Crippen LogP contribution in [-0.2, 0) is 11.2 Å². The summed E-state index contributed by atoms with van der Waals surface area (Å²) in [5.41, 5.74) is 5.02. The number of carbonyl (C=O) groups is 1. The normalized spacial score (nSPS) is 14.5. The van der Waals surface area contributed by atoms with Crippen LogP contribution in [0.5, 0.6) is 11.5 Å². The molecule has 1 unspecified atom stereocenters. The molecule has 5 rings (SSSR count). The van der Waals surface area contributed by atoms with E-state index in [0.717, 1.165) is 28.5 Å². The Morgan fingerprint density at radius 3 is 2.45 bits per heavy atom. The number of aryl methyl sites for hydroxylation is 1. The second kappa shape index (κ2) is 11.2. The van der Waals surface area contributed by atoms with Gasteiger partial charge in [-0.25, -0.2) is 4.39 Å². The van der Waals surface area contributed by atoms with E-state index in [9.17, 15) is 9.18 Å². The lowest BCUT2D eigenvalue weighted by molar-refractivity contribution is -0.131. The summed E-state index contributed by atoms with van der Waals surface area (Å²) in [6.07, 6.45) is 3.27. The number of H-pyrrole nitrogens is 1. The van der Waals surface area contributed by atoms with Crippen LogP contribution >= 0.6 is 0 Å². The summed E-state index contributed by atoms with van der Waals surface area (Å²) in [6, 6.07) is 19.0. The number of hydrogen-bond acceptors (Lipinski definition) is 4. The second-order valence-electron chi connectivity index (χ2n) is 9.63.